The fourth-order valence-corrected chi connectivity index (χ4v) is 3.45. The zero-order valence-electron chi connectivity index (χ0n) is 15.9. The molecule has 4 atom stereocenters. The van der Waals surface area contributed by atoms with Gasteiger partial charge in [0.05, 0.1) is 12.3 Å². The molecule has 0 saturated carbocycles. The number of hydrogen-bond acceptors (Lipinski definition) is 8. The number of ether oxygens (including phenoxy) is 1. The first-order valence-corrected chi connectivity index (χ1v) is 9.44. The number of aliphatic hydroxyl groups is 3. The van der Waals surface area contributed by atoms with Crippen molar-refractivity contribution >= 4 is 0 Å². The van der Waals surface area contributed by atoms with Gasteiger partial charge in [-0.1, -0.05) is 30.3 Å². The third kappa shape index (κ3) is 3.73. The van der Waals surface area contributed by atoms with Crippen LogP contribution in [-0.2, 0) is 11.3 Å². The van der Waals surface area contributed by atoms with Crippen LogP contribution in [0, 0.1) is 0 Å². The van der Waals surface area contributed by atoms with Crippen LogP contribution in [0.3, 0.4) is 0 Å². The summed E-state index contributed by atoms with van der Waals surface area (Å²) in [5.41, 5.74) is -0.515. The van der Waals surface area contributed by atoms with E-state index in [1.54, 1.807) is 0 Å². The van der Waals surface area contributed by atoms with Crippen LogP contribution < -0.4 is 11.2 Å². The van der Waals surface area contributed by atoms with Gasteiger partial charge in [-0.2, -0.15) is 0 Å². The van der Waals surface area contributed by atoms with E-state index in [2.05, 4.69) is 4.98 Å². The van der Waals surface area contributed by atoms with E-state index in [9.17, 15) is 19.8 Å². The molecule has 1 fully saturated rings. The molecule has 10 heteroatoms. The average molecular weight is 415 g/mol. The van der Waals surface area contributed by atoms with Gasteiger partial charge in [0, 0.05) is 24.4 Å². The highest BCUT2D eigenvalue weighted by Gasteiger charge is 2.43. The molecule has 3 aromatic rings. The standard InChI is InChI=1S/C20H21N3O7/c24-9-7-13-17(26)18(27)19(30-13)22-8-6-16(25)23(20(22)28)11-15-21-10-14(29-15)12-4-2-1-3-5-12/h1-6,8,10,13,17-19,24,26-27H,7,9,11H2. The van der Waals surface area contributed by atoms with Crippen LogP contribution in [0.5, 0.6) is 0 Å². The van der Waals surface area contributed by atoms with Gasteiger partial charge in [0.25, 0.3) is 5.56 Å². The molecule has 4 unspecified atom stereocenters. The molecule has 10 nitrogen and oxygen atoms in total. The van der Waals surface area contributed by atoms with E-state index in [0.29, 0.717) is 5.76 Å². The molecule has 2 aromatic heterocycles. The first kappa shape index (κ1) is 20.2. The van der Waals surface area contributed by atoms with Gasteiger partial charge in [0.1, 0.15) is 18.8 Å². The quantitative estimate of drug-likeness (QED) is 0.499. The summed E-state index contributed by atoms with van der Waals surface area (Å²) in [6.07, 6.45) is -1.87. The van der Waals surface area contributed by atoms with Crippen molar-refractivity contribution < 1.29 is 24.5 Å². The van der Waals surface area contributed by atoms with E-state index in [4.69, 9.17) is 14.3 Å². The lowest BCUT2D eigenvalue weighted by Gasteiger charge is -2.18. The largest absolute Gasteiger partial charge is 0.439 e. The van der Waals surface area contributed by atoms with E-state index in [1.165, 1.54) is 12.4 Å². The van der Waals surface area contributed by atoms with Gasteiger partial charge in [0.15, 0.2) is 12.0 Å². The van der Waals surface area contributed by atoms with Crippen LogP contribution in [0.2, 0.25) is 0 Å². The number of oxazole rings is 1. The smallest absolute Gasteiger partial charge is 0.333 e. The number of rotatable bonds is 6. The summed E-state index contributed by atoms with van der Waals surface area (Å²) in [5.74, 6) is 0.663. The van der Waals surface area contributed by atoms with Crippen LogP contribution in [0.4, 0.5) is 0 Å². The summed E-state index contributed by atoms with van der Waals surface area (Å²) in [6.45, 7) is -0.458. The van der Waals surface area contributed by atoms with Crippen LogP contribution in [0.25, 0.3) is 11.3 Å². The van der Waals surface area contributed by atoms with Gasteiger partial charge in [0.2, 0.25) is 5.89 Å². The molecule has 1 aliphatic rings. The Morgan fingerprint density at radius 3 is 2.57 bits per heavy atom. The molecule has 0 radical (unpaired) electrons. The molecule has 158 valence electrons. The fraction of sp³-hybridized carbons (Fsp3) is 0.350. The highest BCUT2D eigenvalue weighted by Crippen LogP contribution is 2.29. The maximum Gasteiger partial charge on any atom is 0.333 e. The second kappa shape index (κ2) is 8.36. The molecule has 0 amide bonds. The highest BCUT2D eigenvalue weighted by molar-refractivity contribution is 5.55. The summed E-state index contributed by atoms with van der Waals surface area (Å²) < 4.78 is 13.2. The van der Waals surface area contributed by atoms with Crippen molar-refractivity contribution in [1.82, 2.24) is 14.1 Å². The molecule has 30 heavy (non-hydrogen) atoms. The van der Waals surface area contributed by atoms with Gasteiger partial charge in [-0.3, -0.25) is 13.9 Å². The van der Waals surface area contributed by atoms with Crippen molar-refractivity contribution in [3.8, 4) is 11.3 Å². The second-order valence-corrected chi connectivity index (χ2v) is 6.97. The Kier molecular flexibility index (Phi) is 5.64. The van der Waals surface area contributed by atoms with Gasteiger partial charge in [-0.05, 0) is 6.42 Å². The molecule has 4 rings (SSSR count). The Morgan fingerprint density at radius 1 is 1.07 bits per heavy atom. The normalized spacial score (nSPS) is 23.7. The number of aliphatic hydroxyl groups excluding tert-OH is 3. The number of hydrogen-bond donors (Lipinski definition) is 3. The Morgan fingerprint density at radius 2 is 1.83 bits per heavy atom. The Bertz CT molecular complexity index is 1120. The molecule has 0 spiro atoms. The first-order valence-electron chi connectivity index (χ1n) is 9.44. The highest BCUT2D eigenvalue weighted by atomic mass is 16.6. The van der Waals surface area contributed by atoms with Crippen LogP contribution in [0.15, 0.2) is 62.8 Å². The van der Waals surface area contributed by atoms with Gasteiger partial charge < -0.3 is 24.5 Å². The van der Waals surface area contributed by atoms with Crippen molar-refractivity contribution in [3.05, 3.63) is 75.5 Å². The average Bonchev–Trinajstić information content (AvgIpc) is 3.33. The first-order chi connectivity index (χ1) is 14.5. The lowest BCUT2D eigenvalue weighted by Crippen LogP contribution is -2.43. The van der Waals surface area contributed by atoms with Crippen molar-refractivity contribution in [1.29, 1.82) is 0 Å². The van der Waals surface area contributed by atoms with Crippen molar-refractivity contribution in [2.45, 2.75) is 37.5 Å². The summed E-state index contributed by atoms with van der Waals surface area (Å²) >= 11 is 0. The van der Waals surface area contributed by atoms with Gasteiger partial charge in [-0.15, -0.1) is 0 Å². The topological polar surface area (TPSA) is 140 Å². The summed E-state index contributed by atoms with van der Waals surface area (Å²) in [6, 6.07) is 10.4. The molecule has 0 aliphatic carbocycles. The third-order valence-electron chi connectivity index (χ3n) is 5.03. The summed E-state index contributed by atoms with van der Waals surface area (Å²) in [7, 11) is 0. The SMILES string of the molecule is O=c1ccn(C2OC(CCO)C(O)C2O)c(=O)n1Cc1ncc(-c2ccccc2)o1. The number of benzene rings is 1. The monoisotopic (exact) mass is 415 g/mol. The molecule has 1 aliphatic heterocycles. The maximum atomic E-state index is 12.9. The minimum absolute atomic E-state index is 0.0989. The zero-order valence-corrected chi connectivity index (χ0v) is 15.9. The summed E-state index contributed by atoms with van der Waals surface area (Å²) in [5, 5.41) is 29.4. The van der Waals surface area contributed by atoms with Crippen molar-refractivity contribution in [3.63, 3.8) is 0 Å². The minimum Gasteiger partial charge on any atom is -0.439 e. The van der Waals surface area contributed by atoms with E-state index >= 15 is 0 Å². The Labute approximate surface area is 170 Å². The lowest BCUT2D eigenvalue weighted by molar-refractivity contribution is -0.0458. The van der Waals surface area contributed by atoms with E-state index in [-0.39, 0.29) is 25.5 Å². The summed E-state index contributed by atoms with van der Waals surface area (Å²) in [4.78, 5) is 29.3. The molecule has 1 aromatic carbocycles. The Balaban J connectivity index is 1.62. The van der Waals surface area contributed by atoms with Gasteiger partial charge in [-0.25, -0.2) is 9.78 Å². The van der Waals surface area contributed by atoms with Crippen molar-refractivity contribution in [2.24, 2.45) is 0 Å². The maximum absolute atomic E-state index is 12.9. The van der Waals surface area contributed by atoms with E-state index < -0.39 is 35.8 Å². The molecule has 3 N–H and O–H groups in total. The molecular formula is C20H21N3O7. The van der Waals surface area contributed by atoms with Crippen LogP contribution >= 0.6 is 0 Å². The number of nitrogens with zero attached hydrogens (tertiary/aromatic N) is 3. The number of aromatic nitrogens is 3. The van der Waals surface area contributed by atoms with Crippen molar-refractivity contribution in [2.75, 3.05) is 6.61 Å². The molecular weight excluding hydrogens is 394 g/mol. The second-order valence-electron chi connectivity index (χ2n) is 6.97. The fourth-order valence-electron chi connectivity index (χ4n) is 3.45. The molecule has 0 bridgehead atoms. The minimum atomic E-state index is -1.39. The van der Waals surface area contributed by atoms with E-state index in [0.717, 1.165) is 20.8 Å². The Hall–Kier alpha value is -3.05. The lowest BCUT2D eigenvalue weighted by atomic mass is 10.1. The molecule has 1 saturated heterocycles. The zero-order chi connectivity index (χ0) is 21.3. The predicted molar refractivity (Wildman–Crippen MR) is 104 cm³/mol. The predicted octanol–water partition coefficient (Wildman–Crippen LogP) is -0.285. The van der Waals surface area contributed by atoms with E-state index in [1.807, 2.05) is 30.3 Å². The molecule has 3 heterocycles. The van der Waals surface area contributed by atoms with Gasteiger partial charge >= 0.3 is 5.69 Å². The third-order valence-corrected chi connectivity index (χ3v) is 5.03. The van der Waals surface area contributed by atoms with Crippen LogP contribution in [-0.4, -0.2) is 54.4 Å². The van der Waals surface area contributed by atoms with Crippen LogP contribution in [0.1, 0.15) is 18.5 Å².